The third-order valence-electron chi connectivity index (χ3n) is 2.63. The quantitative estimate of drug-likeness (QED) is 0.761. The van der Waals surface area contributed by atoms with Crippen LogP contribution < -0.4 is 5.73 Å². The molecule has 2 aromatic rings. The van der Waals surface area contributed by atoms with Crippen molar-refractivity contribution in [3.8, 4) is 0 Å². The summed E-state index contributed by atoms with van der Waals surface area (Å²) in [6.45, 7) is 0.731. The molecule has 0 unspecified atom stereocenters. The van der Waals surface area contributed by atoms with Gasteiger partial charge in [-0.15, -0.1) is 0 Å². The molecule has 0 aliphatic heterocycles. The van der Waals surface area contributed by atoms with Gasteiger partial charge in [0.15, 0.2) is 5.82 Å². The zero-order valence-electron chi connectivity index (χ0n) is 9.17. The van der Waals surface area contributed by atoms with Crippen molar-refractivity contribution in [3.05, 3.63) is 29.8 Å². The van der Waals surface area contributed by atoms with Crippen LogP contribution in [0.25, 0.3) is 11.0 Å². The van der Waals surface area contributed by atoms with E-state index in [-0.39, 0.29) is 5.82 Å². The highest BCUT2D eigenvalue weighted by atomic mass is 19.1. The zero-order chi connectivity index (χ0) is 11.4. The minimum Gasteiger partial charge on any atom is -0.342 e. The molecule has 0 spiro atoms. The normalized spacial score (nSPS) is 11.1. The largest absolute Gasteiger partial charge is 0.342 e. The molecule has 1 aromatic carbocycles. The van der Waals surface area contributed by atoms with Crippen LogP contribution in [0.1, 0.15) is 25.1 Å². The average molecular weight is 221 g/mol. The number of hydrogen-bond acceptors (Lipinski definition) is 2. The molecule has 0 amide bonds. The SMILES string of the molecule is NCCCCCc1nc2c(F)cccc2[nH]1. The van der Waals surface area contributed by atoms with Crippen LogP contribution in [0.15, 0.2) is 18.2 Å². The summed E-state index contributed by atoms with van der Waals surface area (Å²) in [4.78, 5) is 7.38. The molecule has 0 saturated carbocycles. The Hall–Kier alpha value is -1.42. The highest BCUT2D eigenvalue weighted by Gasteiger charge is 2.06. The first-order valence-electron chi connectivity index (χ1n) is 5.64. The maximum Gasteiger partial charge on any atom is 0.151 e. The second kappa shape index (κ2) is 5.07. The third-order valence-corrected chi connectivity index (χ3v) is 2.63. The fourth-order valence-corrected chi connectivity index (χ4v) is 1.78. The van der Waals surface area contributed by atoms with Gasteiger partial charge in [0.25, 0.3) is 0 Å². The molecule has 16 heavy (non-hydrogen) atoms. The van der Waals surface area contributed by atoms with E-state index >= 15 is 0 Å². The minimum absolute atomic E-state index is 0.262. The molecule has 3 N–H and O–H groups in total. The summed E-state index contributed by atoms with van der Waals surface area (Å²) in [6, 6.07) is 4.96. The molecule has 1 heterocycles. The van der Waals surface area contributed by atoms with E-state index in [0.29, 0.717) is 5.52 Å². The van der Waals surface area contributed by atoms with E-state index in [9.17, 15) is 4.39 Å². The Morgan fingerprint density at radius 1 is 1.25 bits per heavy atom. The van der Waals surface area contributed by atoms with Gasteiger partial charge in [-0.2, -0.15) is 0 Å². The lowest BCUT2D eigenvalue weighted by Crippen LogP contribution is -1.98. The molecule has 86 valence electrons. The monoisotopic (exact) mass is 221 g/mol. The minimum atomic E-state index is -0.262. The lowest BCUT2D eigenvalue weighted by Gasteiger charge is -1.95. The molecule has 0 radical (unpaired) electrons. The summed E-state index contributed by atoms with van der Waals surface area (Å²) < 4.78 is 13.3. The van der Waals surface area contributed by atoms with Crippen molar-refractivity contribution in [1.29, 1.82) is 0 Å². The number of halogens is 1. The van der Waals surface area contributed by atoms with E-state index in [1.54, 1.807) is 6.07 Å². The van der Waals surface area contributed by atoms with Crippen LogP contribution >= 0.6 is 0 Å². The molecule has 0 bridgehead atoms. The van der Waals surface area contributed by atoms with Crippen LogP contribution in [0.4, 0.5) is 4.39 Å². The molecule has 2 rings (SSSR count). The molecule has 1 aromatic heterocycles. The van der Waals surface area contributed by atoms with Crippen molar-refractivity contribution < 1.29 is 4.39 Å². The average Bonchev–Trinajstić information content (AvgIpc) is 2.69. The Morgan fingerprint density at radius 3 is 2.88 bits per heavy atom. The highest BCUT2D eigenvalue weighted by Crippen LogP contribution is 2.15. The van der Waals surface area contributed by atoms with Crippen molar-refractivity contribution in [1.82, 2.24) is 9.97 Å². The van der Waals surface area contributed by atoms with Crippen molar-refractivity contribution in [2.75, 3.05) is 6.54 Å². The van der Waals surface area contributed by atoms with Crippen molar-refractivity contribution >= 4 is 11.0 Å². The number of aryl methyl sites for hydroxylation is 1. The number of fused-ring (bicyclic) bond motifs is 1. The predicted molar refractivity (Wildman–Crippen MR) is 62.7 cm³/mol. The lowest BCUT2D eigenvalue weighted by atomic mass is 10.2. The molecule has 3 nitrogen and oxygen atoms in total. The Labute approximate surface area is 93.9 Å². The van der Waals surface area contributed by atoms with Crippen LogP contribution in [0.2, 0.25) is 0 Å². The summed E-state index contributed by atoms with van der Waals surface area (Å²) in [5.41, 5.74) is 6.63. The molecular weight excluding hydrogens is 205 g/mol. The Morgan fingerprint density at radius 2 is 2.12 bits per heavy atom. The third kappa shape index (κ3) is 2.39. The van der Waals surface area contributed by atoms with Crippen molar-refractivity contribution in [2.24, 2.45) is 5.73 Å². The number of H-pyrrole nitrogens is 1. The first kappa shape index (κ1) is 11.1. The number of benzene rings is 1. The fraction of sp³-hybridized carbons (Fsp3) is 0.417. The smallest absolute Gasteiger partial charge is 0.151 e. The van der Waals surface area contributed by atoms with Gasteiger partial charge in [0, 0.05) is 6.42 Å². The first-order valence-corrected chi connectivity index (χ1v) is 5.64. The molecule has 0 atom stereocenters. The molecule has 0 aliphatic rings. The second-order valence-electron chi connectivity index (χ2n) is 3.92. The number of aromatic nitrogens is 2. The fourth-order valence-electron chi connectivity index (χ4n) is 1.78. The number of nitrogens with zero attached hydrogens (tertiary/aromatic N) is 1. The molecule has 0 saturated heterocycles. The van der Waals surface area contributed by atoms with Crippen LogP contribution in [0.3, 0.4) is 0 Å². The van der Waals surface area contributed by atoms with Crippen LogP contribution in [-0.4, -0.2) is 16.5 Å². The number of rotatable bonds is 5. The number of nitrogens with one attached hydrogen (secondary N) is 1. The Bertz CT molecular complexity index is 464. The summed E-state index contributed by atoms with van der Waals surface area (Å²) in [5, 5.41) is 0. The van der Waals surface area contributed by atoms with Gasteiger partial charge in [0.2, 0.25) is 0 Å². The van der Waals surface area contributed by atoms with E-state index in [2.05, 4.69) is 9.97 Å². The highest BCUT2D eigenvalue weighted by molar-refractivity contribution is 5.75. The number of imidazole rings is 1. The van der Waals surface area contributed by atoms with E-state index in [4.69, 9.17) is 5.73 Å². The summed E-state index contributed by atoms with van der Waals surface area (Å²) in [6.07, 6.45) is 4.03. The second-order valence-corrected chi connectivity index (χ2v) is 3.92. The van der Waals surface area contributed by atoms with Crippen LogP contribution in [0.5, 0.6) is 0 Å². The molecular formula is C12H16FN3. The van der Waals surface area contributed by atoms with Gasteiger partial charge in [-0.05, 0) is 31.5 Å². The van der Waals surface area contributed by atoms with Gasteiger partial charge in [-0.3, -0.25) is 0 Å². The topological polar surface area (TPSA) is 54.7 Å². The van der Waals surface area contributed by atoms with Gasteiger partial charge in [-0.1, -0.05) is 12.5 Å². The van der Waals surface area contributed by atoms with Gasteiger partial charge >= 0.3 is 0 Å². The maximum atomic E-state index is 13.3. The number of aromatic amines is 1. The summed E-state index contributed by atoms with van der Waals surface area (Å²) >= 11 is 0. The summed E-state index contributed by atoms with van der Waals surface area (Å²) in [7, 11) is 0. The number of hydrogen-bond donors (Lipinski definition) is 2. The van der Waals surface area contributed by atoms with E-state index in [1.807, 2.05) is 6.07 Å². The van der Waals surface area contributed by atoms with Gasteiger partial charge in [-0.25, -0.2) is 9.37 Å². The zero-order valence-corrected chi connectivity index (χ0v) is 9.17. The van der Waals surface area contributed by atoms with Crippen molar-refractivity contribution in [3.63, 3.8) is 0 Å². The molecule has 0 fully saturated rings. The predicted octanol–water partition coefficient (Wildman–Crippen LogP) is 2.37. The lowest BCUT2D eigenvalue weighted by molar-refractivity contribution is 0.636. The number of para-hydroxylation sites is 1. The van der Waals surface area contributed by atoms with Crippen LogP contribution in [0, 0.1) is 5.82 Å². The van der Waals surface area contributed by atoms with E-state index in [1.165, 1.54) is 6.07 Å². The Balaban J connectivity index is 2.05. The summed E-state index contributed by atoms with van der Waals surface area (Å²) in [5.74, 6) is 0.596. The molecule has 0 aliphatic carbocycles. The van der Waals surface area contributed by atoms with E-state index in [0.717, 1.165) is 43.6 Å². The van der Waals surface area contributed by atoms with Gasteiger partial charge < -0.3 is 10.7 Å². The van der Waals surface area contributed by atoms with Crippen LogP contribution in [-0.2, 0) is 6.42 Å². The van der Waals surface area contributed by atoms with Gasteiger partial charge in [0.05, 0.1) is 5.52 Å². The number of unbranched alkanes of at least 4 members (excludes halogenated alkanes) is 2. The standard InChI is InChI=1S/C12H16FN3/c13-9-5-4-6-10-12(9)16-11(15-10)7-2-1-3-8-14/h4-6H,1-3,7-8,14H2,(H,15,16). The number of nitrogens with two attached hydrogens (primary N) is 1. The first-order chi connectivity index (χ1) is 7.81. The Kier molecular flexibility index (Phi) is 3.51. The molecule has 4 heteroatoms. The van der Waals surface area contributed by atoms with Gasteiger partial charge in [0.1, 0.15) is 11.3 Å². The van der Waals surface area contributed by atoms with Crippen molar-refractivity contribution in [2.45, 2.75) is 25.7 Å². The maximum absolute atomic E-state index is 13.3. The van der Waals surface area contributed by atoms with E-state index < -0.39 is 0 Å².